The Balaban J connectivity index is 0.000000139. The van der Waals surface area contributed by atoms with E-state index >= 15 is 0 Å². The largest absolute Gasteiger partial charge is 0.135 e. The molecule has 2 aromatic heterocycles. The predicted molar refractivity (Wildman–Crippen MR) is 349 cm³/mol. The summed E-state index contributed by atoms with van der Waals surface area (Å²) >= 11 is 3.78. The van der Waals surface area contributed by atoms with Crippen LogP contribution in [-0.2, 0) is 0 Å². The molecule has 0 bridgehead atoms. The first-order chi connectivity index (χ1) is 39.6. The highest BCUT2D eigenvalue weighted by Crippen LogP contribution is 2.44. The van der Waals surface area contributed by atoms with Crippen LogP contribution in [-0.4, -0.2) is 0 Å². The third kappa shape index (κ3) is 8.63. The average Bonchev–Trinajstić information content (AvgIpc) is 4.25. The van der Waals surface area contributed by atoms with E-state index < -0.39 is 0 Å². The standard InChI is InChI=1S/C42H28.C36H22S2/c1-2-10-29(11-3-1)30-20-22-31(23-21-30)32-12-8-13-33(26-32)34-14-9-15-35(27-34)36-24-25-41-39-18-5-4-16-37(39)38-17-6-7-19-40(38)42(41)28-36;1-3-19-33-29(13-1)31-17-7-15-27(35(31)37-33)25-11-5-9-23(21-25)24-10-6-12-26(22-24)28-16-8-18-32-30-14-2-4-20-34(30)38-36(28)32/h1-28H;1-22H. The smallest absolute Gasteiger partial charge is 0.0433 e. The highest BCUT2D eigenvalue weighted by atomic mass is 32.1. The molecule has 0 N–H and O–H groups in total. The minimum atomic E-state index is 1.22. The second kappa shape index (κ2) is 20.3. The number of rotatable bonds is 7. The van der Waals surface area contributed by atoms with Crippen molar-refractivity contribution < 1.29 is 0 Å². The van der Waals surface area contributed by atoms with Gasteiger partial charge >= 0.3 is 0 Å². The molecule has 0 aliphatic rings. The molecule has 0 unspecified atom stereocenters. The highest BCUT2D eigenvalue weighted by molar-refractivity contribution is 7.26. The van der Waals surface area contributed by atoms with Gasteiger partial charge in [-0.15, -0.1) is 22.7 Å². The van der Waals surface area contributed by atoms with Crippen LogP contribution in [0.15, 0.2) is 303 Å². The van der Waals surface area contributed by atoms with Crippen molar-refractivity contribution in [3.63, 3.8) is 0 Å². The van der Waals surface area contributed by atoms with E-state index in [9.17, 15) is 0 Å². The average molecular weight is 1050 g/mol. The molecule has 2 heterocycles. The van der Waals surface area contributed by atoms with E-state index in [2.05, 4.69) is 303 Å². The summed E-state index contributed by atoms with van der Waals surface area (Å²) in [5.74, 6) is 0. The molecule has 0 atom stereocenters. The topological polar surface area (TPSA) is 0 Å². The molecule has 80 heavy (non-hydrogen) atoms. The number of hydrogen-bond donors (Lipinski definition) is 0. The maximum atomic E-state index is 2.37. The molecule has 0 radical (unpaired) electrons. The van der Waals surface area contributed by atoms with Crippen molar-refractivity contribution in [3.05, 3.63) is 303 Å². The zero-order valence-corrected chi connectivity index (χ0v) is 45.3. The molecule has 0 nitrogen and oxygen atoms in total. The fourth-order valence-electron chi connectivity index (χ4n) is 12.0. The van der Waals surface area contributed by atoms with Crippen LogP contribution >= 0.6 is 22.7 Å². The molecule has 0 saturated heterocycles. The summed E-state index contributed by atoms with van der Waals surface area (Å²) in [4.78, 5) is 0. The molecule has 0 spiro atoms. The molecule has 0 fully saturated rings. The van der Waals surface area contributed by atoms with E-state index in [-0.39, 0.29) is 0 Å². The van der Waals surface area contributed by atoms with Gasteiger partial charge in [-0.1, -0.05) is 261 Å². The van der Waals surface area contributed by atoms with Crippen LogP contribution in [0.2, 0.25) is 0 Å². The Morgan fingerprint density at radius 2 is 0.425 bits per heavy atom. The Bertz CT molecular complexity index is 4810. The highest BCUT2D eigenvalue weighted by Gasteiger charge is 2.15. The van der Waals surface area contributed by atoms with E-state index in [1.54, 1.807) is 0 Å². The van der Waals surface area contributed by atoms with Crippen molar-refractivity contribution in [3.8, 4) is 77.9 Å². The predicted octanol–water partition coefficient (Wildman–Crippen LogP) is 23.2. The maximum Gasteiger partial charge on any atom is 0.0433 e. The van der Waals surface area contributed by atoms with E-state index in [1.807, 2.05) is 22.7 Å². The van der Waals surface area contributed by atoms with Crippen LogP contribution in [0.25, 0.3) is 151 Å². The summed E-state index contributed by atoms with van der Waals surface area (Å²) in [5, 5.41) is 13.2. The number of benzene rings is 14. The van der Waals surface area contributed by atoms with Gasteiger partial charge in [0, 0.05) is 40.3 Å². The Labute approximate surface area is 473 Å². The maximum absolute atomic E-state index is 2.37. The van der Waals surface area contributed by atoms with Gasteiger partial charge in [0.2, 0.25) is 0 Å². The van der Waals surface area contributed by atoms with Gasteiger partial charge in [-0.25, -0.2) is 0 Å². The van der Waals surface area contributed by atoms with Crippen molar-refractivity contribution >= 4 is 95.3 Å². The summed E-state index contributed by atoms with van der Waals surface area (Å²) < 4.78 is 5.40. The molecule has 16 rings (SSSR count). The minimum Gasteiger partial charge on any atom is -0.135 e. The summed E-state index contributed by atoms with van der Waals surface area (Å²) in [7, 11) is 0. The van der Waals surface area contributed by atoms with Crippen LogP contribution in [0.3, 0.4) is 0 Å². The van der Waals surface area contributed by atoms with Crippen molar-refractivity contribution in [2.24, 2.45) is 0 Å². The lowest BCUT2D eigenvalue weighted by Crippen LogP contribution is -1.86. The third-order valence-corrected chi connectivity index (χ3v) is 18.4. The number of thiophene rings is 2. The first-order valence-corrected chi connectivity index (χ1v) is 29.0. The van der Waals surface area contributed by atoms with E-state index in [0.717, 1.165) is 0 Å². The van der Waals surface area contributed by atoms with Gasteiger partial charge in [-0.05, 0) is 153 Å². The van der Waals surface area contributed by atoms with Crippen molar-refractivity contribution in [2.45, 2.75) is 0 Å². The molecule has 0 aliphatic heterocycles. The molecule has 0 amide bonds. The van der Waals surface area contributed by atoms with Gasteiger partial charge in [0.15, 0.2) is 0 Å². The zero-order chi connectivity index (χ0) is 52.9. The first kappa shape index (κ1) is 47.5. The minimum absolute atomic E-state index is 1.22. The summed E-state index contributed by atoms with van der Waals surface area (Å²) in [6, 6.07) is 111. The fraction of sp³-hybridized carbons (Fsp3) is 0. The van der Waals surface area contributed by atoms with Crippen LogP contribution in [0.4, 0.5) is 0 Å². The molecule has 2 heteroatoms. The normalized spacial score (nSPS) is 11.5. The summed E-state index contributed by atoms with van der Waals surface area (Å²) in [6.07, 6.45) is 0. The number of fused-ring (bicyclic) bond motifs is 12. The second-order valence-corrected chi connectivity index (χ2v) is 22.8. The Morgan fingerprint density at radius 1 is 0.150 bits per heavy atom. The molecule has 374 valence electrons. The van der Waals surface area contributed by atoms with Crippen molar-refractivity contribution in [2.75, 3.05) is 0 Å². The molecular formula is C78H50S2. The van der Waals surface area contributed by atoms with Gasteiger partial charge in [-0.2, -0.15) is 0 Å². The van der Waals surface area contributed by atoms with Crippen LogP contribution in [0, 0.1) is 0 Å². The van der Waals surface area contributed by atoms with Crippen LogP contribution < -0.4 is 0 Å². The van der Waals surface area contributed by atoms with E-state index in [4.69, 9.17) is 0 Å². The van der Waals surface area contributed by atoms with Crippen molar-refractivity contribution in [1.82, 2.24) is 0 Å². The van der Waals surface area contributed by atoms with Gasteiger partial charge in [-0.3, -0.25) is 0 Å². The molecular weight excluding hydrogens is 1000 g/mol. The Hall–Kier alpha value is -9.70. The first-order valence-electron chi connectivity index (χ1n) is 27.4. The van der Waals surface area contributed by atoms with Crippen molar-refractivity contribution in [1.29, 1.82) is 0 Å². The summed E-state index contributed by atoms with van der Waals surface area (Å²) in [6.45, 7) is 0. The Morgan fingerprint density at radius 3 is 0.887 bits per heavy atom. The monoisotopic (exact) mass is 1050 g/mol. The lowest BCUT2D eigenvalue weighted by atomic mass is 9.91. The van der Waals surface area contributed by atoms with E-state index in [0.29, 0.717) is 0 Å². The third-order valence-electron chi connectivity index (χ3n) is 16.0. The molecule has 14 aromatic carbocycles. The lowest BCUT2D eigenvalue weighted by Gasteiger charge is -2.13. The second-order valence-electron chi connectivity index (χ2n) is 20.7. The quantitative estimate of drug-likeness (QED) is 0.140. The van der Waals surface area contributed by atoms with Gasteiger partial charge in [0.05, 0.1) is 0 Å². The summed E-state index contributed by atoms with van der Waals surface area (Å²) in [5.41, 5.74) is 17.4. The lowest BCUT2D eigenvalue weighted by molar-refractivity contribution is 1.57. The molecule has 16 aromatic rings. The van der Waals surface area contributed by atoms with Crippen LogP contribution in [0.5, 0.6) is 0 Å². The number of hydrogen-bond acceptors (Lipinski definition) is 2. The van der Waals surface area contributed by atoms with Gasteiger partial charge in [0.25, 0.3) is 0 Å². The molecule has 0 saturated carbocycles. The van der Waals surface area contributed by atoms with E-state index in [1.165, 1.54) is 151 Å². The van der Waals surface area contributed by atoms with Gasteiger partial charge in [0.1, 0.15) is 0 Å². The van der Waals surface area contributed by atoms with Crippen LogP contribution in [0.1, 0.15) is 0 Å². The molecule has 0 aliphatic carbocycles. The SMILES string of the molecule is c1cc(-c2cccc(-c3cccc4c3sc3ccccc34)c2)cc(-c2cccc3c2sc2ccccc23)c1.c1ccc(-c2ccc(-c3cccc(-c4cccc(-c5ccc6c7ccccc7c7ccccc7c6c5)c4)c3)cc2)cc1. The zero-order valence-electron chi connectivity index (χ0n) is 43.7. The fourth-order valence-corrected chi connectivity index (χ4v) is 14.5. The van der Waals surface area contributed by atoms with Gasteiger partial charge < -0.3 is 0 Å². The Kier molecular flexibility index (Phi) is 12.0.